The summed E-state index contributed by atoms with van der Waals surface area (Å²) in [5.41, 5.74) is 4.78. The maximum atomic E-state index is 13.4. The lowest BCUT2D eigenvalue weighted by atomic mass is 10.0. The van der Waals surface area contributed by atoms with Crippen LogP contribution in [0.1, 0.15) is 32.4 Å². The third-order valence-corrected chi connectivity index (χ3v) is 5.58. The highest BCUT2D eigenvalue weighted by Crippen LogP contribution is 2.37. The molecule has 1 atom stereocenters. The van der Waals surface area contributed by atoms with Crippen LogP contribution in [-0.2, 0) is 0 Å². The van der Waals surface area contributed by atoms with Crippen molar-refractivity contribution in [3.63, 3.8) is 0 Å². The molecule has 1 aliphatic heterocycles. The first-order valence-electron chi connectivity index (χ1n) is 9.59. The maximum absolute atomic E-state index is 13.4. The molecule has 0 spiro atoms. The number of rotatable bonds is 5. The lowest BCUT2D eigenvalue weighted by Gasteiger charge is -2.38. The lowest BCUT2D eigenvalue weighted by molar-refractivity contribution is 0.0488. The predicted molar refractivity (Wildman–Crippen MR) is 126 cm³/mol. The average molecular weight is 511 g/mol. The standard InChI is InChI=1S/C24H17BrClN3O3/c1-2-13-32-21-12-9-16(25)14-19(21)22-27-20-6-4-3-5-18(20)24(31)29(22)28-23(30)15-7-10-17(26)11-8-15/h1,3-12,14,22,27H,13H2,(H,28,30)/t22-/m1/s1. The molecule has 0 saturated carbocycles. The fraction of sp³-hybridized carbons (Fsp3) is 0.0833. The molecular formula is C24H17BrClN3O3. The molecule has 1 heterocycles. The summed E-state index contributed by atoms with van der Waals surface area (Å²) < 4.78 is 6.48. The van der Waals surface area contributed by atoms with E-state index in [1.807, 2.05) is 18.2 Å². The van der Waals surface area contributed by atoms with Gasteiger partial charge in [-0.3, -0.25) is 15.0 Å². The van der Waals surface area contributed by atoms with Gasteiger partial charge in [0.25, 0.3) is 11.8 Å². The Morgan fingerprint density at radius 1 is 1.19 bits per heavy atom. The monoisotopic (exact) mass is 509 g/mol. The third kappa shape index (κ3) is 4.42. The van der Waals surface area contributed by atoms with Crippen molar-refractivity contribution in [3.05, 3.63) is 92.9 Å². The van der Waals surface area contributed by atoms with Crippen molar-refractivity contribution in [2.45, 2.75) is 6.17 Å². The number of para-hydroxylation sites is 1. The molecule has 0 unspecified atom stereocenters. The molecule has 3 aromatic carbocycles. The Labute approximate surface area is 198 Å². The second kappa shape index (κ2) is 9.35. The van der Waals surface area contributed by atoms with Gasteiger partial charge in [0.1, 0.15) is 12.4 Å². The molecule has 1 aliphatic rings. The van der Waals surface area contributed by atoms with Crippen LogP contribution in [0.25, 0.3) is 0 Å². The summed E-state index contributed by atoms with van der Waals surface area (Å²) in [7, 11) is 0. The Bertz CT molecular complexity index is 1220. The molecule has 8 heteroatoms. The first-order valence-corrected chi connectivity index (χ1v) is 10.8. The number of anilines is 1. The van der Waals surface area contributed by atoms with E-state index in [0.29, 0.717) is 33.1 Å². The number of carbonyl (C=O) groups excluding carboxylic acids is 2. The fourth-order valence-electron chi connectivity index (χ4n) is 3.35. The first-order chi connectivity index (χ1) is 15.5. The predicted octanol–water partition coefficient (Wildman–Crippen LogP) is 5.03. The van der Waals surface area contributed by atoms with Crippen LogP contribution in [0.5, 0.6) is 5.75 Å². The number of hydrazine groups is 1. The summed E-state index contributed by atoms with van der Waals surface area (Å²) in [5, 5.41) is 5.08. The van der Waals surface area contributed by atoms with Crippen molar-refractivity contribution < 1.29 is 14.3 Å². The van der Waals surface area contributed by atoms with Gasteiger partial charge in [0.05, 0.1) is 5.56 Å². The van der Waals surface area contributed by atoms with Gasteiger partial charge in [0, 0.05) is 26.3 Å². The number of nitrogens with one attached hydrogen (secondary N) is 2. The highest BCUT2D eigenvalue weighted by molar-refractivity contribution is 9.10. The zero-order valence-corrected chi connectivity index (χ0v) is 19.0. The van der Waals surface area contributed by atoms with Crippen molar-refractivity contribution in [1.82, 2.24) is 10.4 Å². The zero-order chi connectivity index (χ0) is 22.7. The quantitative estimate of drug-likeness (QED) is 0.473. The van der Waals surface area contributed by atoms with Crippen molar-refractivity contribution >= 4 is 45.0 Å². The van der Waals surface area contributed by atoms with Crippen LogP contribution in [0.2, 0.25) is 5.02 Å². The van der Waals surface area contributed by atoms with Gasteiger partial charge in [0.2, 0.25) is 0 Å². The summed E-state index contributed by atoms with van der Waals surface area (Å²) in [6, 6.07) is 18.9. The van der Waals surface area contributed by atoms with E-state index in [9.17, 15) is 9.59 Å². The lowest BCUT2D eigenvalue weighted by Crippen LogP contribution is -2.53. The molecule has 6 nitrogen and oxygen atoms in total. The number of fused-ring (bicyclic) bond motifs is 1. The van der Waals surface area contributed by atoms with E-state index >= 15 is 0 Å². The van der Waals surface area contributed by atoms with Gasteiger partial charge < -0.3 is 10.1 Å². The highest BCUT2D eigenvalue weighted by atomic mass is 79.9. The number of nitrogens with zero attached hydrogens (tertiary/aromatic N) is 1. The highest BCUT2D eigenvalue weighted by Gasteiger charge is 2.36. The van der Waals surface area contributed by atoms with Crippen molar-refractivity contribution in [1.29, 1.82) is 0 Å². The van der Waals surface area contributed by atoms with E-state index in [0.717, 1.165) is 4.47 Å². The normalized spacial score (nSPS) is 14.7. The minimum Gasteiger partial charge on any atom is -0.481 e. The molecule has 0 radical (unpaired) electrons. The summed E-state index contributed by atoms with van der Waals surface area (Å²) in [6.45, 7) is 0.0586. The van der Waals surface area contributed by atoms with Gasteiger partial charge in [0.15, 0.2) is 6.17 Å². The number of carbonyl (C=O) groups is 2. The van der Waals surface area contributed by atoms with Crippen LogP contribution in [-0.4, -0.2) is 23.4 Å². The van der Waals surface area contributed by atoms with Crippen LogP contribution in [0.3, 0.4) is 0 Å². The van der Waals surface area contributed by atoms with Gasteiger partial charge in [-0.25, -0.2) is 5.01 Å². The Morgan fingerprint density at radius 3 is 2.69 bits per heavy atom. The largest absolute Gasteiger partial charge is 0.481 e. The second-order valence-electron chi connectivity index (χ2n) is 6.89. The number of benzene rings is 3. The molecule has 0 aromatic heterocycles. The molecule has 160 valence electrons. The smallest absolute Gasteiger partial charge is 0.276 e. The summed E-state index contributed by atoms with van der Waals surface area (Å²) in [5.74, 6) is 2.10. The van der Waals surface area contributed by atoms with E-state index < -0.39 is 12.1 Å². The van der Waals surface area contributed by atoms with E-state index in [2.05, 4.69) is 32.6 Å². The Balaban J connectivity index is 1.76. The fourth-order valence-corrected chi connectivity index (χ4v) is 3.85. The number of halogens is 2. The van der Waals surface area contributed by atoms with E-state index in [4.69, 9.17) is 22.8 Å². The first kappa shape index (κ1) is 21.8. The number of hydrogen-bond donors (Lipinski definition) is 2. The van der Waals surface area contributed by atoms with E-state index in [1.54, 1.807) is 48.5 Å². The minimum atomic E-state index is -0.751. The number of terminal acetylenes is 1. The molecule has 3 aromatic rings. The number of ether oxygens (including phenoxy) is 1. The maximum Gasteiger partial charge on any atom is 0.276 e. The molecular weight excluding hydrogens is 494 g/mol. The molecule has 0 saturated heterocycles. The van der Waals surface area contributed by atoms with Gasteiger partial charge in [-0.2, -0.15) is 0 Å². The van der Waals surface area contributed by atoms with Crippen molar-refractivity contribution in [3.8, 4) is 18.1 Å². The van der Waals surface area contributed by atoms with Crippen LogP contribution >= 0.6 is 27.5 Å². The molecule has 4 rings (SSSR count). The summed E-state index contributed by atoms with van der Waals surface area (Å²) in [6.07, 6.45) is 4.61. The molecule has 2 N–H and O–H groups in total. The Morgan fingerprint density at radius 2 is 1.94 bits per heavy atom. The third-order valence-electron chi connectivity index (χ3n) is 4.83. The molecule has 0 fully saturated rings. The summed E-state index contributed by atoms with van der Waals surface area (Å²) in [4.78, 5) is 26.3. The summed E-state index contributed by atoms with van der Waals surface area (Å²) >= 11 is 9.39. The van der Waals surface area contributed by atoms with Crippen LogP contribution in [0.15, 0.2) is 71.2 Å². The van der Waals surface area contributed by atoms with Crippen LogP contribution in [0, 0.1) is 12.3 Å². The Kier molecular flexibility index (Phi) is 6.35. The van der Waals surface area contributed by atoms with E-state index in [-0.39, 0.29) is 12.5 Å². The van der Waals surface area contributed by atoms with Gasteiger partial charge in [-0.1, -0.05) is 45.6 Å². The van der Waals surface area contributed by atoms with Gasteiger partial charge >= 0.3 is 0 Å². The Hall–Kier alpha value is -3.47. The topological polar surface area (TPSA) is 70.7 Å². The number of hydrogen-bond acceptors (Lipinski definition) is 4. The number of amides is 2. The van der Waals surface area contributed by atoms with Crippen LogP contribution < -0.4 is 15.5 Å². The molecule has 0 aliphatic carbocycles. The average Bonchev–Trinajstić information content (AvgIpc) is 2.80. The van der Waals surface area contributed by atoms with Gasteiger partial charge in [-0.05, 0) is 54.6 Å². The molecule has 0 bridgehead atoms. The minimum absolute atomic E-state index is 0.0586. The van der Waals surface area contributed by atoms with Crippen molar-refractivity contribution in [2.24, 2.45) is 0 Å². The van der Waals surface area contributed by atoms with Crippen LogP contribution in [0.4, 0.5) is 5.69 Å². The van der Waals surface area contributed by atoms with E-state index in [1.165, 1.54) is 5.01 Å². The van der Waals surface area contributed by atoms with Crippen molar-refractivity contribution in [2.75, 3.05) is 11.9 Å². The molecule has 2 amide bonds. The zero-order valence-electron chi connectivity index (χ0n) is 16.6. The van der Waals surface area contributed by atoms with Gasteiger partial charge in [-0.15, -0.1) is 6.42 Å². The SMILES string of the molecule is C#CCOc1ccc(Br)cc1[C@@H]1Nc2ccccc2C(=O)N1NC(=O)c1ccc(Cl)cc1. The second-order valence-corrected chi connectivity index (χ2v) is 8.24. The molecule has 32 heavy (non-hydrogen) atoms.